The number of aromatic amines is 1. The van der Waals surface area contributed by atoms with E-state index in [1.165, 1.54) is 11.3 Å². The number of thiazole rings is 1. The molecule has 1 aliphatic heterocycles. The third kappa shape index (κ3) is 4.85. The fourth-order valence-electron chi connectivity index (χ4n) is 4.01. The molecule has 3 heterocycles. The highest BCUT2D eigenvalue weighted by molar-refractivity contribution is 7.17. The summed E-state index contributed by atoms with van der Waals surface area (Å²) >= 11 is 1.23. The minimum absolute atomic E-state index is 0.0813. The van der Waals surface area contributed by atoms with Crippen molar-refractivity contribution < 1.29 is 14.3 Å². The lowest BCUT2D eigenvalue weighted by atomic mass is 9.78. The number of nitrogens with zero attached hydrogens (tertiary/aromatic N) is 3. The van der Waals surface area contributed by atoms with Crippen molar-refractivity contribution in [3.05, 3.63) is 32.2 Å². The number of morpholine rings is 1. The van der Waals surface area contributed by atoms with Gasteiger partial charge in [-0.2, -0.15) is 0 Å². The molecule has 1 aliphatic carbocycles. The van der Waals surface area contributed by atoms with E-state index in [-0.39, 0.29) is 35.5 Å². The summed E-state index contributed by atoms with van der Waals surface area (Å²) in [4.78, 5) is 51.8. The Hall–Kier alpha value is -2.59. The first-order chi connectivity index (χ1) is 14.7. The van der Waals surface area contributed by atoms with E-state index >= 15 is 0 Å². The monoisotopic (exact) mass is 445 g/mol. The van der Waals surface area contributed by atoms with Gasteiger partial charge in [0.15, 0.2) is 10.9 Å². The van der Waals surface area contributed by atoms with Gasteiger partial charge >= 0.3 is 0 Å². The van der Waals surface area contributed by atoms with Crippen molar-refractivity contribution in [2.75, 3.05) is 36.5 Å². The number of H-pyrrole nitrogens is 1. The van der Waals surface area contributed by atoms with Crippen LogP contribution >= 0.6 is 11.3 Å². The van der Waals surface area contributed by atoms with Crippen LogP contribution in [0.25, 0.3) is 0 Å². The molecule has 0 atom stereocenters. The summed E-state index contributed by atoms with van der Waals surface area (Å²) < 4.78 is 5.33. The van der Waals surface area contributed by atoms with Crippen LogP contribution < -0.4 is 15.8 Å². The summed E-state index contributed by atoms with van der Waals surface area (Å²) in [6.45, 7) is 8.45. The molecule has 0 spiro atoms. The standard InChI is InChI=1S/C21H27N5O4S/c1-12-13(18(29)25-19(22-12)26-6-8-30-9-7-26)4-5-16(28)24-20-23-14-10-21(2,3)11-15(27)17(14)31-20/h4-11H2,1-3H3,(H,22,25,29)(H,23,24,28). The van der Waals surface area contributed by atoms with Crippen molar-refractivity contribution in [2.45, 2.75) is 46.5 Å². The van der Waals surface area contributed by atoms with Gasteiger partial charge in [0.1, 0.15) is 0 Å². The van der Waals surface area contributed by atoms with E-state index in [4.69, 9.17) is 4.74 Å². The highest BCUT2D eigenvalue weighted by atomic mass is 32.1. The van der Waals surface area contributed by atoms with Crippen LogP contribution in [0.2, 0.25) is 0 Å². The Bertz CT molecular complexity index is 1070. The predicted octanol–water partition coefficient (Wildman–Crippen LogP) is 2.10. The normalized spacial score (nSPS) is 18.0. The summed E-state index contributed by atoms with van der Waals surface area (Å²) in [5, 5.41) is 3.22. The number of carbonyl (C=O) groups excluding carboxylic acids is 2. The molecule has 0 unspecified atom stereocenters. The Morgan fingerprint density at radius 1 is 1.23 bits per heavy atom. The first-order valence-electron chi connectivity index (χ1n) is 10.5. The van der Waals surface area contributed by atoms with Gasteiger partial charge in [0.05, 0.1) is 23.8 Å². The summed E-state index contributed by atoms with van der Waals surface area (Å²) in [5.41, 5.74) is 1.55. The van der Waals surface area contributed by atoms with E-state index in [0.717, 1.165) is 12.1 Å². The largest absolute Gasteiger partial charge is 0.378 e. The van der Waals surface area contributed by atoms with Gasteiger partial charge in [0.25, 0.3) is 5.56 Å². The number of rotatable bonds is 5. The number of ether oxygens (including phenoxy) is 1. The Labute approximate surface area is 184 Å². The number of ketones is 1. The van der Waals surface area contributed by atoms with Crippen molar-refractivity contribution in [3.63, 3.8) is 0 Å². The average Bonchev–Trinajstić information content (AvgIpc) is 3.09. The Kier molecular flexibility index (Phi) is 5.94. The van der Waals surface area contributed by atoms with Gasteiger partial charge < -0.3 is 15.0 Å². The molecular formula is C21H27N5O4S. The third-order valence-electron chi connectivity index (χ3n) is 5.60. The lowest BCUT2D eigenvalue weighted by Crippen LogP contribution is -2.38. The number of aromatic nitrogens is 3. The highest BCUT2D eigenvalue weighted by Gasteiger charge is 2.34. The maximum absolute atomic E-state index is 12.6. The van der Waals surface area contributed by atoms with Crippen LogP contribution in [0.4, 0.5) is 11.1 Å². The van der Waals surface area contributed by atoms with Crippen LogP contribution in [0.1, 0.15) is 53.3 Å². The number of nitrogens with one attached hydrogen (secondary N) is 2. The molecule has 0 saturated carbocycles. The predicted molar refractivity (Wildman–Crippen MR) is 118 cm³/mol. The molecule has 2 aromatic heterocycles. The summed E-state index contributed by atoms with van der Waals surface area (Å²) in [6, 6.07) is 0. The van der Waals surface area contributed by atoms with E-state index in [1.807, 2.05) is 18.7 Å². The lowest BCUT2D eigenvalue weighted by molar-refractivity contribution is -0.116. The smallest absolute Gasteiger partial charge is 0.255 e. The van der Waals surface area contributed by atoms with Crippen LogP contribution in [0, 0.1) is 12.3 Å². The number of carbonyl (C=O) groups is 2. The average molecular weight is 446 g/mol. The minimum atomic E-state index is -0.242. The fraction of sp³-hybridized carbons (Fsp3) is 0.571. The summed E-state index contributed by atoms with van der Waals surface area (Å²) in [5.74, 6) is 0.381. The van der Waals surface area contributed by atoms with Crippen LogP contribution in [0.3, 0.4) is 0 Å². The topological polar surface area (TPSA) is 117 Å². The van der Waals surface area contributed by atoms with Crippen LogP contribution in [-0.4, -0.2) is 52.9 Å². The summed E-state index contributed by atoms with van der Waals surface area (Å²) in [6.07, 6.45) is 1.62. The zero-order valence-electron chi connectivity index (χ0n) is 18.0. The Morgan fingerprint density at radius 3 is 2.68 bits per heavy atom. The SMILES string of the molecule is Cc1nc(N2CCOCC2)[nH]c(=O)c1CCC(=O)Nc1nc2c(s1)C(=O)CC(C)(C)C2. The molecule has 1 fully saturated rings. The van der Waals surface area contributed by atoms with Gasteiger partial charge in [-0.15, -0.1) is 0 Å². The van der Waals surface area contributed by atoms with Gasteiger partial charge in [-0.3, -0.25) is 19.4 Å². The molecule has 2 N–H and O–H groups in total. The van der Waals surface area contributed by atoms with Crippen LogP contribution in [0.15, 0.2) is 4.79 Å². The number of hydrogen-bond acceptors (Lipinski definition) is 8. The number of Topliss-reactive ketones (excluding diaryl/α,β-unsaturated/α-hetero) is 1. The second kappa shape index (κ2) is 8.51. The number of anilines is 2. The molecule has 2 aromatic rings. The van der Waals surface area contributed by atoms with Gasteiger partial charge in [0, 0.05) is 37.2 Å². The molecular weight excluding hydrogens is 418 g/mol. The molecule has 0 bridgehead atoms. The fourth-order valence-corrected chi connectivity index (χ4v) is 4.94. The van der Waals surface area contributed by atoms with Crippen molar-refractivity contribution in [2.24, 2.45) is 5.41 Å². The first kappa shape index (κ1) is 21.6. The van der Waals surface area contributed by atoms with Gasteiger partial charge in [-0.05, 0) is 25.2 Å². The zero-order chi connectivity index (χ0) is 22.2. The summed E-state index contributed by atoms with van der Waals surface area (Å²) in [7, 11) is 0. The minimum Gasteiger partial charge on any atom is -0.378 e. The third-order valence-corrected chi connectivity index (χ3v) is 6.66. The first-order valence-corrected chi connectivity index (χ1v) is 11.3. The molecule has 1 amide bonds. The number of aryl methyl sites for hydroxylation is 1. The van der Waals surface area contributed by atoms with Crippen LogP contribution in [-0.2, 0) is 22.4 Å². The van der Waals surface area contributed by atoms with Crippen molar-refractivity contribution in [1.82, 2.24) is 15.0 Å². The molecule has 1 saturated heterocycles. The van der Waals surface area contributed by atoms with E-state index in [2.05, 4.69) is 20.3 Å². The quantitative estimate of drug-likeness (QED) is 0.724. The van der Waals surface area contributed by atoms with E-state index in [0.29, 0.717) is 59.9 Å². The Morgan fingerprint density at radius 2 is 1.97 bits per heavy atom. The molecule has 4 rings (SSSR count). The van der Waals surface area contributed by atoms with Gasteiger partial charge in [0.2, 0.25) is 11.9 Å². The second-order valence-electron chi connectivity index (χ2n) is 8.84. The second-order valence-corrected chi connectivity index (χ2v) is 9.84. The lowest BCUT2D eigenvalue weighted by Gasteiger charge is -2.27. The molecule has 166 valence electrons. The molecule has 0 radical (unpaired) electrons. The van der Waals surface area contributed by atoms with Crippen molar-refractivity contribution in [3.8, 4) is 0 Å². The molecule has 9 nitrogen and oxygen atoms in total. The molecule has 10 heteroatoms. The van der Waals surface area contributed by atoms with E-state index in [9.17, 15) is 14.4 Å². The number of fused-ring (bicyclic) bond motifs is 1. The maximum Gasteiger partial charge on any atom is 0.255 e. The number of hydrogen-bond donors (Lipinski definition) is 2. The van der Waals surface area contributed by atoms with Gasteiger partial charge in [-0.1, -0.05) is 25.2 Å². The highest BCUT2D eigenvalue weighted by Crippen LogP contribution is 2.38. The van der Waals surface area contributed by atoms with Crippen molar-refractivity contribution >= 4 is 34.1 Å². The van der Waals surface area contributed by atoms with Crippen molar-refractivity contribution in [1.29, 1.82) is 0 Å². The molecule has 31 heavy (non-hydrogen) atoms. The van der Waals surface area contributed by atoms with E-state index < -0.39 is 0 Å². The van der Waals surface area contributed by atoms with Gasteiger partial charge in [-0.25, -0.2) is 9.97 Å². The maximum atomic E-state index is 12.6. The zero-order valence-corrected chi connectivity index (χ0v) is 18.9. The number of amides is 1. The molecule has 0 aromatic carbocycles. The van der Waals surface area contributed by atoms with Crippen LogP contribution in [0.5, 0.6) is 0 Å². The molecule has 2 aliphatic rings. The van der Waals surface area contributed by atoms with E-state index in [1.54, 1.807) is 6.92 Å². The Balaban J connectivity index is 1.39.